The summed E-state index contributed by atoms with van der Waals surface area (Å²) in [6.45, 7) is 4.21. The van der Waals surface area contributed by atoms with Crippen molar-refractivity contribution in [1.82, 2.24) is 4.90 Å². The van der Waals surface area contributed by atoms with Crippen molar-refractivity contribution in [3.05, 3.63) is 10.4 Å². The number of hydrogen-bond donors (Lipinski definition) is 0. The third-order valence-electron chi connectivity index (χ3n) is 2.49. The highest BCUT2D eigenvalue weighted by Crippen LogP contribution is 2.09. The van der Waals surface area contributed by atoms with Crippen molar-refractivity contribution in [2.24, 2.45) is 5.11 Å². The van der Waals surface area contributed by atoms with E-state index in [9.17, 15) is 0 Å². The molecule has 0 aromatic carbocycles. The molecular formula is C9H18N4. The molecule has 4 nitrogen and oxygen atoms in total. The molecule has 0 aromatic heterocycles. The fourth-order valence-corrected chi connectivity index (χ4v) is 1.77. The van der Waals surface area contributed by atoms with Crippen LogP contribution in [-0.4, -0.2) is 31.1 Å². The predicted octanol–water partition coefficient (Wildman–Crippen LogP) is 2.56. The van der Waals surface area contributed by atoms with Gasteiger partial charge in [0.1, 0.15) is 0 Å². The Morgan fingerprint density at radius 3 is 2.46 bits per heavy atom. The summed E-state index contributed by atoms with van der Waals surface area (Å²) in [5, 5.41) is 3.53. The van der Waals surface area contributed by atoms with Crippen LogP contribution in [0, 0.1) is 0 Å². The second-order valence-corrected chi connectivity index (χ2v) is 3.56. The van der Waals surface area contributed by atoms with Crippen LogP contribution in [0.1, 0.15) is 32.1 Å². The van der Waals surface area contributed by atoms with Crippen molar-refractivity contribution < 1.29 is 0 Å². The monoisotopic (exact) mass is 182 g/mol. The Morgan fingerprint density at radius 2 is 1.85 bits per heavy atom. The van der Waals surface area contributed by atoms with Crippen LogP contribution in [-0.2, 0) is 0 Å². The number of nitrogens with zero attached hydrogens (tertiary/aromatic N) is 4. The fourth-order valence-electron chi connectivity index (χ4n) is 1.77. The van der Waals surface area contributed by atoms with Gasteiger partial charge in [0.05, 0.1) is 0 Å². The number of hydrogen-bond acceptors (Lipinski definition) is 2. The van der Waals surface area contributed by atoms with Gasteiger partial charge in [0.15, 0.2) is 0 Å². The second-order valence-electron chi connectivity index (χ2n) is 3.56. The van der Waals surface area contributed by atoms with Gasteiger partial charge in [-0.2, -0.15) is 0 Å². The van der Waals surface area contributed by atoms with Crippen LogP contribution in [0.4, 0.5) is 0 Å². The van der Waals surface area contributed by atoms with E-state index in [1.54, 1.807) is 0 Å². The fraction of sp³-hybridized carbons (Fsp3) is 1.00. The Balaban J connectivity index is 2.08. The van der Waals surface area contributed by atoms with Crippen molar-refractivity contribution in [1.29, 1.82) is 0 Å². The molecule has 0 atom stereocenters. The molecule has 0 unspecified atom stereocenters. The lowest BCUT2D eigenvalue weighted by atomic mass is 10.2. The highest BCUT2D eigenvalue weighted by molar-refractivity contribution is 4.63. The summed E-state index contributed by atoms with van der Waals surface area (Å²) in [5.74, 6) is 0. The highest BCUT2D eigenvalue weighted by atomic mass is 15.1. The summed E-state index contributed by atoms with van der Waals surface area (Å²) in [7, 11) is 0. The zero-order valence-electron chi connectivity index (χ0n) is 8.15. The molecule has 13 heavy (non-hydrogen) atoms. The Hall–Kier alpha value is -0.730. The van der Waals surface area contributed by atoms with E-state index in [4.69, 9.17) is 5.53 Å². The van der Waals surface area contributed by atoms with Crippen molar-refractivity contribution in [2.75, 3.05) is 26.2 Å². The molecule has 74 valence electrons. The minimum Gasteiger partial charge on any atom is -0.303 e. The smallest absolute Gasteiger partial charge is 0.0270 e. The summed E-state index contributed by atoms with van der Waals surface area (Å²) in [6, 6.07) is 0. The molecule has 0 radical (unpaired) electrons. The lowest BCUT2D eigenvalue weighted by molar-refractivity contribution is 0.283. The Labute approximate surface area is 79.5 Å². The van der Waals surface area contributed by atoms with Gasteiger partial charge in [0.25, 0.3) is 0 Å². The van der Waals surface area contributed by atoms with E-state index >= 15 is 0 Å². The van der Waals surface area contributed by atoms with Gasteiger partial charge < -0.3 is 4.90 Å². The molecule has 1 fully saturated rings. The Morgan fingerprint density at radius 1 is 1.15 bits per heavy atom. The zero-order chi connectivity index (χ0) is 9.36. The van der Waals surface area contributed by atoms with E-state index < -0.39 is 0 Å². The summed E-state index contributed by atoms with van der Waals surface area (Å²) < 4.78 is 0. The van der Waals surface area contributed by atoms with Gasteiger partial charge in [-0.3, -0.25) is 0 Å². The molecule has 0 amide bonds. The lowest BCUT2D eigenvalue weighted by Crippen LogP contribution is -2.26. The number of likely N-dealkylation sites (tertiary alicyclic amines) is 1. The minimum absolute atomic E-state index is 0.646. The molecule has 1 rings (SSSR count). The molecule has 0 N–H and O–H groups in total. The molecule has 1 saturated heterocycles. The quantitative estimate of drug-likeness (QED) is 0.285. The van der Waals surface area contributed by atoms with E-state index in [1.165, 1.54) is 38.8 Å². The average molecular weight is 182 g/mol. The first-order valence-corrected chi connectivity index (χ1v) is 5.16. The average Bonchev–Trinajstić information content (AvgIpc) is 2.41. The van der Waals surface area contributed by atoms with Gasteiger partial charge >= 0.3 is 0 Å². The molecular weight excluding hydrogens is 164 g/mol. The topological polar surface area (TPSA) is 52.0 Å². The molecule has 0 aromatic rings. The maximum absolute atomic E-state index is 8.09. The molecule has 0 saturated carbocycles. The molecule has 1 aliphatic rings. The summed E-state index contributed by atoms with van der Waals surface area (Å²) in [6.07, 6.45) is 6.44. The minimum atomic E-state index is 0.646. The molecule has 0 spiro atoms. The summed E-state index contributed by atoms with van der Waals surface area (Å²) >= 11 is 0. The van der Waals surface area contributed by atoms with E-state index in [1.807, 2.05) is 0 Å². The van der Waals surface area contributed by atoms with E-state index in [0.29, 0.717) is 6.54 Å². The van der Waals surface area contributed by atoms with Crippen LogP contribution >= 0.6 is 0 Å². The van der Waals surface area contributed by atoms with Crippen LogP contribution in [0.5, 0.6) is 0 Å². The first-order chi connectivity index (χ1) is 6.43. The van der Waals surface area contributed by atoms with Crippen LogP contribution in [0.3, 0.4) is 0 Å². The summed E-state index contributed by atoms with van der Waals surface area (Å²) in [4.78, 5) is 5.23. The normalized spacial score (nSPS) is 19.1. The Bertz CT molecular complexity index is 166. The summed E-state index contributed by atoms with van der Waals surface area (Å²) in [5.41, 5.74) is 8.09. The van der Waals surface area contributed by atoms with Crippen LogP contribution < -0.4 is 0 Å². The van der Waals surface area contributed by atoms with Gasteiger partial charge in [0.2, 0.25) is 0 Å². The molecule has 0 aliphatic carbocycles. The van der Waals surface area contributed by atoms with Crippen molar-refractivity contribution >= 4 is 0 Å². The Kier molecular flexibility index (Phi) is 5.38. The molecule has 1 heterocycles. The van der Waals surface area contributed by atoms with Gasteiger partial charge in [-0.1, -0.05) is 18.0 Å². The SMILES string of the molecule is [N-]=[N+]=NCCCN1CCCCCC1. The molecule has 0 bridgehead atoms. The van der Waals surface area contributed by atoms with Gasteiger partial charge in [-0.15, -0.1) is 0 Å². The van der Waals surface area contributed by atoms with Gasteiger partial charge in [0, 0.05) is 11.5 Å². The largest absolute Gasteiger partial charge is 0.303 e. The number of rotatable bonds is 4. The lowest BCUT2D eigenvalue weighted by Gasteiger charge is -2.18. The maximum Gasteiger partial charge on any atom is 0.0270 e. The maximum atomic E-state index is 8.09. The predicted molar refractivity (Wildman–Crippen MR) is 53.5 cm³/mol. The number of azide groups is 1. The highest BCUT2D eigenvalue weighted by Gasteiger charge is 2.07. The van der Waals surface area contributed by atoms with Crippen molar-refractivity contribution in [3.63, 3.8) is 0 Å². The van der Waals surface area contributed by atoms with Crippen LogP contribution in [0.2, 0.25) is 0 Å². The molecule has 1 aliphatic heterocycles. The van der Waals surface area contributed by atoms with E-state index in [0.717, 1.165) is 13.0 Å². The van der Waals surface area contributed by atoms with Crippen molar-refractivity contribution in [3.8, 4) is 0 Å². The molecule has 4 heteroatoms. The van der Waals surface area contributed by atoms with Crippen LogP contribution in [0.25, 0.3) is 10.4 Å². The van der Waals surface area contributed by atoms with E-state index in [-0.39, 0.29) is 0 Å². The van der Waals surface area contributed by atoms with Gasteiger partial charge in [-0.05, 0) is 44.4 Å². The van der Waals surface area contributed by atoms with Gasteiger partial charge in [-0.25, -0.2) is 0 Å². The first kappa shape index (κ1) is 10.4. The van der Waals surface area contributed by atoms with Crippen LogP contribution in [0.15, 0.2) is 5.11 Å². The zero-order valence-corrected chi connectivity index (χ0v) is 8.15. The third-order valence-corrected chi connectivity index (χ3v) is 2.49. The third kappa shape index (κ3) is 4.76. The standard InChI is InChI=1S/C9H18N4/c10-12-11-6-5-9-13-7-3-1-2-4-8-13/h1-9H2. The second kappa shape index (κ2) is 6.75. The first-order valence-electron chi connectivity index (χ1n) is 5.16. The van der Waals surface area contributed by atoms with E-state index in [2.05, 4.69) is 14.9 Å². The van der Waals surface area contributed by atoms with Crippen molar-refractivity contribution in [2.45, 2.75) is 32.1 Å².